The third-order valence-corrected chi connectivity index (χ3v) is 2.18. The van der Waals surface area contributed by atoms with Crippen LogP contribution >= 0.6 is 0 Å². The minimum absolute atomic E-state index is 0.383. The molecule has 14 heavy (non-hydrogen) atoms. The van der Waals surface area contributed by atoms with E-state index >= 15 is 0 Å². The molecule has 2 nitrogen and oxygen atoms in total. The molecule has 1 rings (SSSR count). The summed E-state index contributed by atoms with van der Waals surface area (Å²) in [6, 6.07) is 4.45. The third kappa shape index (κ3) is 3.71. The van der Waals surface area contributed by atoms with E-state index in [4.69, 9.17) is 0 Å². The van der Waals surface area contributed by atoms with E-state index in [1.54, 1.807) is 6.20 Å². The molecule has 1 heterocycles. The van der Waals surface area contributed by atoms with Gasteiger partial charge in [-0.2, -0.15) is 0 Å². The molecule has 0 fully saturated rings. The van der Waals surface area contributed by atoms with Crippen molar-refractivity contribution in [3.05, 3.63) is 42.2 Å². The van der Waals surface area contributed by atoms with Crippen LogP contribution in [-0.2, 0) is 0 Å². The maximum atomic E-state index is 4.10. The molecule has 0 saturated carbocycles. The molecule has 1 N–H and O–H groups in total. The summed E-state index contributed by atoms with van der Waals surface area (Å²) in [5.41, 5.74) is 1.24. The summed E-state index contributed by atoms with van der Waals surface area (Å²) in [6.45, 7) is 5.22. The van der Waals surface area contributed by atoms with Crippen molar-refractivity contribution in [1.29, 1.82) is 0 Å². The van der Waals surface area contributed by atoms with Crippen molar-refractivity contribution in [3.63, 3.8) is 0 Å². The molecular weight excluding hydrogens is 172 g/mol. The third-order valence-electron chi connectivity index (χ3n) is 2.18. The fraction of sp³-hybridized carbons (Fsp3) is 0.417. The highest BCUT2D eigenvalue weighted by atomic mass is 14.9. The van der Waals surface area contributed by atoms with Crippen LogP contribution in [0.3, 0.4) is 0 Å². The first-order valence-corrected chi connectivity index (χ1v) is 5.09. The zero-order valence-corrected chi connectivity index (χ0v) is 8.90. The van der Waals surface area contributed by atoms with Crippen molar-refractivity contribution in [2.24, 2.45) is 0 Å². The predicted molar refractivity (Wildman–Crippen MR) is 60.1 cm³/mol. The summed E-state index contributed by atoms with van der Waals surface area (Å²) < 4.78 is 0. The monoisotopic (exact) mass is 190 g/mol. The molecule has 0 aliphatic rings. The Labute approximate surface area is 86.1 Å². The molecule has 1 unspecified atom stereocenters. The number of nitrogens with one attached hydrogen (secondary N) is 1. The highest BCUT2D eigenvalue weighted by Gasteiger charge is 2.02. The van der Waals surface area contributed by atoms with Crippen LogP contribution in [0.5, 0.6) is 0 Å². The first-order chi connectivity index (χ1) is 6.84. The Hall–Kier alpha value is -1.15. The van der Waals surface area contributed by atoms with E-state index < -0.39 is 0 Å². The molecule has 0 bridgehead atoms. The van der Waals surface area contributed by atoms with Gasteiger partial charge in [0.2, 0.25) is 0 Å². The van der Waals surface area contributed by atoms with Crippen molar-refractivity contribution in [1.82, 2.24) is 10.3 Å². The summed E-state index contributed by atoms with van der Waals surface area (Å²) in [5.74, 6) is 0. The van der Waals surface area contributed by atoms with E-state index in [2.05, 4.69) is 35.4 Å². The number of rotatable bonds is 5. The van der Waals surface area contributed by atoms with Gasteiger partial charge in [-0.3, -0.25) is 4.98 Å². The molecule has 0 saturated heterocycles. The Bertz CT molecular complexity index is 267. The fourth-order valence-corrected chi connectivity index (χ4v) is 1.30. The lowest BCUT2D eigenvalue weighted by Crippen LogP contribution is -2.19. The van der Waals surface area contributed by atoms with E-state index in [9.17, 15) is 0 Å². The molecule has 2 heteroatoms. The number of aromatic nitrogens is 1. The SMILES string of the molecule is C/C=C/CCNC(C)c1cccnc1. The highest BCUT2D eigenvalue weighted by Crippen LogP contribution is 2.09. The van der Waals surface area contributed by atoms with Gasteiger partial charge in [0.05, 0.1) is 0 Å². The minimum atomic E-state index is 0.383. The number of allylic oxidation sites excluding steroid dienone is 1. The maximum absolute atomic E-state index is 4.10. The largest absolute Gasteiger partial charge is 0.310 e. The van der Waals surface area contributed by atoms with E-state index in [1.807, 2.05) is 19.2 Å². The molecule has 1 aromatic heterocycles. The second-order valence-corrected chi connectivity index (χ2v) is 3.32. The average molecular weight is 190 g/mol. The smallest absolute Gasteiger partial charge is 0.0315 e. The topological polar surface area (TPSA) is 24.9 Å². The Balaban J connectivity index is 2.32. The molecule has 0 radical (unpaired) electrons. The van der Waals surface area contributed by atoms with Crippen LogP contribution in [-0.4, -0.2) is 11.5 Å². The molecule has 1 aromatic rings. The first-order valence-electron chi connectivity index (χ1n) is 5.09. The number of hydrogen-bond acceptors (Lipinski definition) is 2. The van der Waals surface area contributed by atoms with E-state index in [1.165, 1.54) is 5.56 Å². The molecule has 0 aliphatic carbocycles. The van der Waals surface area contributed by atoms with Gasteiger partial charge >= 0.3 is 0 Å². The standard InChI is InChI=1S/C12H18N2/c1-3-4-5-9-14-11(2)12-7-6-8-13-10-12/h3-4,6-8,10-11,14H,5,9H2,1-2H3/b4-3+. The van der Waals surface area contributed by atoms with Crippen LogP contribution in [0.25, 0.3) is 0 Å². The lowest BCUT2D eigenvalue weighted by molar-refractivity contribution is 0.579. The van der Waals surface area contributed by atoms with Crippen LogP contribution in [0.4, 0.5) is 0 Å². The Morgan fingerprint density at radius 2 is 2.43 bits per heavy atom. The summed E-state index contributed by atoms with van der Waals surface area (Å²) in [6.07, 6.45) is 9.05. The molecule has 1 atom stereocenters. The quantitative estimate of drug-likeness (QED) is 0.570. The van der Waals surface area contributed by atoms with Gasteiger partial charge in [-0.15, -0.1) is 0 Å². The number of hydrogen-bond donors (Lipinski definition) is 1. The van der Waals surface area contributed by atoms with Crippen LogP contribution in [0.15, 0.2) is 36.7 Å². The lowest BCUT2D eigenvalue weighted by Gasteiger charge is -2.12. The Morgan fingerprint density at radius 3 is 3.07 bits per heavy atom. The summed E-state index contributed by atoms with van der Waals surface area (Å²) >= 11 is 0. The van der Waals surface area contributed by atoms with Gasteiger partial charge in [0.1, 0.15) is 0 Å². The van der Waals surface area contributed by atoms with Gasteiger partial charge in [0, 0.05) is 18.4 Å². The van der Waals surface area contributed by atoms with Gasteiger partial charge < -0.3 is 5.32 Å². The van der Waals surface area contributed by atoms with E-state index in [0.29, 0.717) is 6.04 Å². The molecule has 0 spiro atoms. The van der Waals surface area contributed by atoms with Gasteiger partial charge in [-0.25, -0.2) is 0 Å². The second kappa shape index (κ2) is 6.33. The van der Waals surface area contributed by atoms with Crippen LogP contribution in [0.2, 0.25) is 0 Å². The van der Waals surface area contributed by atoms with Crippen molar-refractivity contribution < 1.29 is 0 Å². The Morgan fingerprint density at radius 1 is 1.57 bits per heavy atom. The first kappa shape index (κ1) is 10.9. The number of pyridine rings is 1. The molecule has 76 valence electrons. The van der Waals surface area contributed by atoms with Gasteiger partial charge in [-0.1, -0.05) is 18.2 Å². The van der Waals surface area contributed by atoms with Crippen molar-refractivity contribution in [2.75, 3.05) is 6.54 Å². The second-order valence-electron chi connectivity index (χ2n) is 3.32. The van der Waals surface area contributed by atoms with E-state index in [0.717, 1.165) is 13.0 Å². The molecule has 0 aliphatic heterocycles. The lowest BCUT2D eigenvalue weighted by atomic mass is 10.1. The number of nitrogens with zero attached hydrogens (tertiary/aromatic N) is 1. The van der Waals surface area contributed by atoms with Gasteiger partial charge in [-0.05, 0) is 38.4 Å². The molecule has 0 aromatic carbocycles. The zero-order valence-electron chi connectivity index (χ0n) is 8.90. The van der Waals surface area contributed by atoms with E-state index in [-0.39, 0.29) is 0 Å². The highest BCUT2D eigenvalue weighted by molar-refractivity contribution is 5.12. The Kier molecular flexibility index (Phi) is 4.94. The summed E-state index contributed by atoms with van der Waals surface area (Å²) in [4.78, 5) is 4.10. The van der Waals surface area contributed by atoms with Gasteiger partial charge in [0.25, 0.3) is 0 Å². The van der Waals surface area contributed by atoms with Gasteiger partial charge in [0.15, 0.2) is 0 Å². The maximum Gasteiger partial charge on any atom is 0.0315 e. The van der Waals surface area contributed by atoms with Crippen molar-refractivity contribution in [2.45, 2.75) is 26.3 Å². The summed E-state index contributed by atoms with van der Waals surface area (Å²) in [5, 5.41) is 3.44. The average Bonchev–Trinajstić information content (AvgIpc) is 2.25. The zero-order chi connectivity index (χ0) is 10.2. The summed E-state index contributed by atoms with van der Waals surface area (Å²) in [7, 11) is 0. The van der Waals surface area contributed by atoms with Crippen LogP contribution in [0.1, 0.15) is 31.9 Å². The van der Waals surface area contributed by atoms with Crippen molar-refractivity contribution in [3.8, 4) is 0 Å². The van der Waals surface area contributed by atoms with Crippen LogP contribution < -0.4 is 5.32 Å². The molecule has 0 amide bonds. The normalized spacial score (nSPS) is 13.3. The predicted octanol–water partition coefficient (Wildman–Crippen LogP) is 2.70. The molecular formula is C12H18N2. The fourth-order valence-electron chi connectivity index (χ4n) is 1.30. The van der Waals surface area contributed by atoms with Crippen molar-refractivity contribution >= 4 is 0 Å². The van der Waals surface area contributed by atoms with Crippen LogP contribution in [0, 0.1) is 0 Å². The minimum Gasteiger partial charge on any atom is -0.310 e.